The van der Waals surface area contributed by atoms with Gasteiger partial charge in [0.25, 0.3) is 0 Å². The van der Waals surface area contributed by atoms with E-state index in [-0.39, 0.29) is 0 Å². The smallest absolute Gasteiger partial charge is 0.109 e. The summed E-state index contributed by atoms with van der Waals surface area (Å²) in [6, 6.07) is 8.65. The molecule has 1 aromatic rings. The van der Waals surface area contributed by atoms with E-state index < -0.39 is 0 Å². The highest BCUT2D eigenvalue weighted by Gasteiger charge is 2.23. The lowest BCUT2D eigenvalue weighted by Gasteiger charge is -2.10. The zero-order chi connectivity index (χ0) is 9.26. The Hall–Kier alpha value is -0.0900. The summed E-state index contributed by atoms with van der Waals surface area (Å²) < 4.78 is 6.18. The van der Waals surface area contributed by atoms with Crippen LogP contribution in [-0.2, 0) is 4.74 Å². The molecule has 0 amide bonds. The largest absolute Gasteiger partial charge is 0.360 e. The Bertz CT molecular complexity index is 281. The van der Waals surface area contributed by atoms with E-state index in [4.69, 9.17) is 4.74 Å². The Kier molecular flexibility index (Phi) is 2.89. The lowest BCUT2D eigenvalue weighted by Crippen LogP contribution is -1.98. The normalized spacial score (nSPS) is 27.8. The van der Waals surface area contributed by atoms with Gasteiger partial charge in [0.15, 0.2) is 0 Å². The molecule has 0 aromatic heterocycles. The van der Waals surface area contributed by atoms with Crippen LogP contribution in [0.3, 0.4) is 0 Å². The maximum absolute atomic E-state index is 5.77. The van der Waals surface area contributed by atoms with Gasteiger partial charge in [-0.2, -0.15) is 0 Å². The summed E-state index contributed by atoms with van der Waals surface area (Å²) in [5, 5.41) is 0. The van der Waals surface area contributed by atoms with Crippen LogP contribution in [0.4, 0.5) is 0 Å². The van der Waals surface area contributed by atoms with Crippen molar-refractivity contribution in [2.24, 2.45) is 0 Å². The van der Waals surface area contributed by atoms with Crippen molar-refractivity contribution in [1.82, 2.24) is 0 Å². The van der Waals surface area contributed by atoms with E-state index in [1.165, 1.54) is 17.5 Å². The number of aryl methyl sites for hydroxylation is 1. The molecule has 0 N–H and O–H groups in total. The Morgan fingerprint density at radius 1 is 1.23 bits per heavy atom. The molecule has 2 heteroatoms. The lowest BCUT2D eigenvalue weighted by atomic mass is 10.1. The van der Waals surface area contributed by atoms with Crippen molar-refractivity contribution < 1.29 is 4.74 Å². The molecule has 70 valence electrons. The van der Waals surface area contributed by atoms with E-state index >= 15 is 0 Å². The Morgan fingerprint density at radius 3 is 2.46 bits per heavy atom. The molecule has 1 fully saturated rings. The van der Waals surface area contributed by atoms with Gasteiger partial charge in [-0.05, 0) is 25.3 Å². The summed E-state index contributed by atoms with van der Waals surface area (Å²) in [5.41, 5.74) is 2.64. The zero-order valence-corrected chi connectivity index (χ0v) is 9.82. The first-order valence-electron chi connectivity index (χ1n) is 4.62. The second kappa shape index (κ2) is 3.96. The predicted octanol–water partition coefficient (Wildman–Crippen LogP) is 3.61. The van der Waals surface area contributed by atoms with E-state index in [1.54, 1.807) is 0 Å². The second-order valence-corrected chi connectivity index (χ2v) is 4.91. The van der Waals surface area contributed by atoms with Crippen molar-refractivity contribution in [3.63, 3.8) is 0 Å². The standard InChI is InChI=1S/C11H13IO/c1-8-2-4-9(5-3-8)10-6-7-11(12)13-10/h2-5,10-11H,6-7H2,1H3. The summed E-state index contributed by atoms with van der Waals surface area (Å²) >= 11 is 2.36. The molecule has 0 bridgehead atoms. The third kappa shape index (κ3) is 2.23. The summed E-state index contributed by atoms with van der Waals surface area (Å²) in [4.78, 5) is 0. The molecule has 2 atom stereocenters. The Balaban J connectivity index is 2.13. The molecule has 1 aliphatic heterocycles. The van der Waals surface area contributed by atoms with Crippen LogP contribution < -0.4 is 0 Å². The fourth-order valence-corrected chi connectivity index (χ4v) is 2.34. The molecule has 0 spiro atoms. The Labute approximate surface area is 92.6 Å². The fourth-order valence-electron chi connectivity index (χ4n) is 1.62. The van der Waals surface area contributed by atoms with Gasteiger partial charge in [0.1, 0.15) is 4.11 Å². The number of rotatable bonds is 1. The third-order valence-electron chi connectivity index (χ3n) is 2.42. The average Bonchev–Trinajstić information content (AvgIpc) is 2.53. The van der Waals surface area contributed by atoms with Crippen LogP contribution in [0, 0.1) is 6.92 Å². The van der Waals surface area contributed by atoms with E-state index in [2.05, 4.69) is 53.8 Å². The van der Waals surface area contributed by atoms with Crippen LogP contribution in [0.1, 0.15) is 30.1 Å². The summed E-state index contributed by atoms with van der Waals surface area (Å²) in [6.45, 7) is 2.11. The highest BCUT2D eigenvalue weighted by molar-refractivity contribution is 14.1. The molecule has 2 unspecified atom stereocenters. The van der Waals surface area contributed by atoms with Gasteiger partial charge in [-0.25, -0.2) is 0 Å². The van der Waals surface area contributed by atoms with Gasteiger partial charge in [0, 0.05) is 0 Å². The van der Waals surface area contributed by atoms with E-state index in [1.807, 2.05) is 0 Å². The van der Waals surface area contributed by atoms with Gasteiger partial charge >= 0.3 is 0 Å². The molecule has 1 nitrogen and oxygen atoms in total. The van der Waals surface area contributed by atoms with Crippen LogP contribution in [0.5, 0.6) is 0 Å². The number of hydrogen-bond donors (Lipinski definition) is 0. The molecule has 1 heterocycles. The van der Waals surface area contributed by atoms with E-state index in [0.717, 1.165) is 6.42 Å². The molecule has 1 aliphatic rings. The van der Waals surface area contributed by atoms with Crippen LogP contribution in [-0.4, -0.2) is 4.11 Å². The van der Waals surface area contributed by atoms with Crippen molar-refractivity contribution in [3.8, 4) is 0 Å². The van der Waals surface area contributed by atoms with Gasteiger partial charge in [-0.3, -0.25) is 0 Å². The number of halogens is 1. The quantitative estimate of drug-likeness (QED) is 0.566. The minimum Gasteiger partial charge on any atom is -0.360 e. The van der Waals surface area contributed by atoms with E-state index in [0.29, 0.717) is 10.2 Å². The van der Waals surface area contributed by atoms with Crippen LogP contribution >= 0.6 is 22.6 Å². The maximum atomic E-state index is 5.77. The second-order valence-electron chi connectivity index (χ2n) is 3.52. The predicted molar refractivity (Wildman–Crippen MR) is 62.0 cm³/mol. The highest BCUT2D eigenvalue weighted by atomic mass is 127. The molecular weight excluding hydrogens is 275 g/mol. The first kappa shape index (κ1) is 9.46. The van der Waals surface area contributed by atoms with Crippen molar-refractivity contribution in [2.45, 2.75) is 30.0 Å². The Morgan fingerprint density at radius 2 is 1.92 bits per heavy atom. The third-order valence-corrected chi connectivity index (χ3v) is 3.33. The number of alkyl halides is 1. The number of hydrogen-bond acceptors (Lipinski definition) is 1. The lowest BCUT2D eigenvalue weighted by molar-refractivity contribution is 0.101. The summed E-state index contributed by atoms with van der Waals surface area (Å²) in [7, 11) is 0. The molecule has 1 saturated heterocycles. The van der Waals surface area contributed by atoms with Crippen LogP contribution in [0.15, 0.2) is 24.3 Å². The summed E-state index contributed by atoms with van der Waals surface area (Å²) in [6.07, 6.45) is 2.68. The molecule has 13 heavy (non-hydrogen) atoms. The maximum Gasteiger partial charge on any atom is 0.109 e. The molecule has 0 saturated carbocycles. The number of ether oxygens (including phenoxy) is 1. The molecular formula is C11H13IO. The minimum atomic E-state index is 0.336. The number of benzene rings is 1. The van der Waals surface area contributed by atoms with Crippen molar-refractivity contribution in [2.75, 3.05) is 0 Å². The van der Waals surface area contributed by atoms with E-state index in [9.17, 15) is 0 Å². The van der Waals surface area contributed by atoms with Crippen LogP contribution in [0.2, 0.25) is 0 Å². The van der Waals surface area contributed by atoms with Gasteiger partial charge in [-0.1, -0.05) is 52.4 Å². The summed E-state index contributed by atoms with van der Waals surface area (Å²) in [5.74, 6) is 0. The van der Waals surface area contributed by atoms with Gasteiger partial charge in [-0.15, -0.1) is 0 Å². The monoisotopic (exact) mass is 288 g/mol. The fraction of sp³-hybridized carbons (Fsp3) is 0.455. The SMILES string of the molecule is Cc1ccc(C2CCC(I)O2)cc1. The molecule has 0 aliphatic carbocycles. The van der Waals surface area contributed by atoms with Gasteiger partial charge in [0.05, 0.1) is 6.10 Å². The molecule has 1 aromatic carbocycles. The van der Waals surface area contributed by atoms with Crippen molar-refractivity contribution in [3.05, 3.63) is 35.4 Å². The van der Waals surface area contributed by atoms with Crippen molar-refractivity contribution in [1.29, 1.82) is 0 Å². The van der Waals surface area contributed by atoms with Crippen LogP contribution in [0.25, 0.3) is 0 Å². The molecule has 2 rings (SSSR count). The van der Waals surface area contributed by atoms with Gasteiger partial charge in [0.2, 0.25) is 0 Å². The zero-order valence-electron chi connectivity index (χ0n) is 7.66. The minimum absolute atomic E-state index is 0.336. The van der Waals surface area contributed by atoms with Crippen molar-refractivity contribution >= 4 is 22.6 Å². The average molecular weight is 288 g/mol. The van der Waals surface area contributed by atoms with Gasteiger partial charge < -0.3 is 4.74 Å². The topological polar surface area (TPSA) is 9.23 Å². The first-order valence-corrected chi connectivity index (χ1v) is 5.86. The first-order chi connectivity index (χ1) is 6.25. The molecule has 0 radical (unpaired) electrons. The highest BCUT2D eigenvalue weighted by Crippen LogP contribution is 2.35.